The maximum Gasteiger partial charge on any atom is 0.223 e. The van der Waals surface area contributed by atoms with E-state index in [1.807, 2.05) is 47.5 Å². The molecule has 32 heavy (non-hydrogen) atoms. The smallest absolute Gasteiger partial charge is 0.223 e. The highest BCUT2D eigenvalue weighted by Crippen LogP contribution is 2.36. The highest BCUT2D eigenvalue weighted by Gasteiger charge is 2.21. The van der Waals surface area contributed by atoms with Gasteiger partial charge in [-0.2, -0.15) is 0 Å². The lowest BCUT2D eigenvalue weighted by atomic mass is 10.2. The van der Waals surface area contributed by atoms with Gasteiger partial charge in [0.05, 0.1) is 0 Å². The van der Waals surface area contributed by atoms with Crippen LogP contribution in [0.2, 0.25) is 0 Å². The molecule has 0 atom stereocenters. The molecule has 0 aliphatic carbocycles. The number of pyridine rings is 1. The molecule has 0 N–H and O–H groups in total. The van der Waals surface area contributed by atoms with E-state index < -0.39 is 0 Å². The molecule has 1 saturated heterocycles. The molecule has 6 nitrogen and oxygen atoms in total. The molecule has 0 radical (unpaired) electrons. The van der Waals surface area contributed by atoms with E-state index in [2.05, 4.69) is 38.1 Å². The molecule has 1 amide bonds. The van der Waals surface area contributed by atoms with Crippen molar-refractivity contribution in [1.29, 1.82) is 0 Å². The summed E-state index contributed by atoms with van der Waals surface area (Å²) in [6.07, 6.45) is 3.94. The van der Waals surface area contributed by atoms with Gasteiger partial charge in [-0.25, -0.2) is 15.0 Å². The van der Waals surface area contributed by atoms with Crippen molar-refractivity contribution in [3.8, 4) is 10.4 Å². The van der Waals surface area contributed by atoms with Crippen molar-refractivity contribution < 1.29 is 4.79 Å². The molecule has 0 unspecified atom stereocenters. The second-order valence-corrected chi connectivity index (χ2v) is 9.64. The van der Waals surface area contributed by atoms with Gasteiger partial charge >= 0.3 is 0 Å². The molecular formula is C24H23N5OS2. The molecule has 0 spiro atoms. The van der Waals surface area contributed by atoms with E-state index in [1.54, 1.807) is 29.4 Å². The van der Waals surface area contributed by atoms with Gasteiger partial charge in [0.1, 0.15) is 22.0 Å². The lowest BCUT2D eigenvalue weighted by molar-refractivity contribution is -0.131. The molecule has 1 aliphatic rings. The van der Waals surface area contributed by atoms with Gasteiger partial charge in [-0.3, -0.25) is 4.79 Å². The lowest BCUT2D eigenvalue weighted by Gasteiger charge is -2.35. The van der Waals surface area contributed by atoms with E-state index in [0.717, 1.165) is 47.2 Å². The molecule has 162 valence electrons. The first-order chi connectivity index (χ1) is 15.8. The van der Waals surface area contributed by atoms with Crippen molar-refractivity contribution in [1.82, 2.24) is 19.9 Å². The Morgan fingerprint density at radius 3 is 2.56 bits per heavy atom. The third kappa shape index (κ3) is 4.61. The number of amides is 1. The van der Waals surface area contributed by atoms with Gasteiger partial charge in [-0.1, -0.05) is 36.4 Å². The van der Waals surface area contributed by atoms with Crippen LogP contribution >= 0.6 is 23.1 Å². The number of hydrogen-bond donors (Lipinski definition) is 0. The molecule has 4 aromatic rings. The Labute approximate surface area is 195 Å². The van der Waals surface area contributed by atoms with Gasteiger partial charge in [0, 0.05) is 54.8 Å². The molecule has 1 aromatic carbocycles. The largest absolute Gasteiger partial charge is 0.353 e. The normalized spacial score (nSPS) is 14.1. The van der Waals surface area contributed by atoms with Crippen LogP contribution in [0.15, 0.2) is 72.1 Å². The lowest BCUT2D eigenvalue weighted by Crippen LogP contribution is -2.49. The average Bonchev–Trinajstić information content (AvgIpc) is 3.31. The Hall–Kier alpha value is -2.97. The summed E-state index contributed by atoms with van der Waals surface area (Å²) in [5.74, 6) is 1.90. The topological polar surface area (TPSA) is 62.2 Å². The number of hydrogen-bond acceptors (Lipinski definition) is 7. The first kappa shape index (κ1) is 20.9. The summed E-state index contributed by atoms with van der Waals surface area (Å²) in [6.45, 7) is 3.12. The molecule has 0 saturated carbocycles. The third-order valence-electron chi connectivity index (χ3n) is 5.51. The van der Waals surface area contributed by atoms with E-state index in [1.165, 1.54) is 10.4 Å². The zero-order valence-corrected chi connectivity index (χ0v) is 19.2. The van der Waals surface area contributed by atoms with E-state index in [9.17, 15) is 4.79 Å². The van der Waals surface area contributed by atoms with Crippen molar-refractivity contribution in [2.45, 2.75) is 11.4 Å². The monoisotopic (exact) mass is 461 g/mol. The summed E-state index contributed by atoms with van der Waals surface area (Å²) in [5, 5.41) is 2.01. The van der Waals surface area contributed by atoms with Crippen molar-refractivity contribution in [3.05, 3.63) is 67.1 Å². The van der Waals surface area contributed by atoms with Gasteiger partial charge in [0.25, 0.3) is 0 Å². The summed E-state index contributed by atoms with van der Waals surface area (Å²) in [5.41, 5.74) is 1.19. The maximum atomic E-state index is 12.7. The van der Waals surface area contributed by atoms with Gasteiger partial charge in [0.15, 0.2) is 0 Å². The highest BCUT2D eigenvalue weighted by atomic mass is 32.2. The Morgan fingerprint density at radius 2 is 1.78 bits per heavy atom. The molecule has 3 aromatic heterocycles. The van der Waals surface area contributed by atoms with Crippen LogP contribution in [0, 0.1) is 0 Å². The van der Waals surface area contributed by atoms with Crippen molar-refractivity contribution in [3.63, 3.8) is 0 Å². The van der Waals surface area contributed by atoms with Crippen molar-refractivity contribution in [2.75, 3.05) is 36.8 Å². The summed E-state index contributed by atoms with van der Waals surface area (Å²) < 4.78 is 0. The van der Waals surface area contributed by atoms with Crippen LogP contribution in [0.5, 0.6) is 0 Å². The Morgan fingerprint density at radius 1 is 0.969 bits per heavy atom. The molecule has 0 bridgehead atoms. The van der Waals surface area contributed by atoms with Crippen molar-refractivity contribution >= 4 is 45.0 Å². The fraction of sp³-hybridized carbons (Fsp3) is 0.250. The minimum absolute atomic E-state index is 0.207. The predicted octanol–water partition coefficient (Wildman–Crippen LogP) is 4.58. The number of rotatable bonds is 6. The van der Waals surface area contributed by atoms with Crippen LogP contribution in [0.1, 0.15) is 6.42 Å². The average molecular weight is 462 g/mol. The summed E-state index contributed by atoms with van der Waals surface area (Å²) in [7, 11) is 0. The first-order valence-corrected chi connectivity index (χ1v) is 12.4. The molecule has 4 heterocycles. The van der Waals surface area contributed by atoms with E-state index >= 15 is 0 Å². The summed E-state index contributed by atoms with van der Waals surface area (Å²) in [4.78, 5) is 32.4. The molecular weight excluding hydrogens is 438 g/mol. The van der Waals surface area contributed by atoms with Crippen molar-refractivity contribution in [2.24, 2.45) is 0 Å². The van der Waals surface area contributed by atoms with Crippen LogP contribution in [0.3, 0.4) is 0 Å². The number of thioether (sulfide) groups is 1. The molecule has 5 rings (SSSR count). The zero-order chi connectivity index (χ0) is 21.8. The predicted molar refractivity (Wildman–Crippen MR) is 131 cm³/mol. The number of carbonyl (C=O) groups excluding carboxylic acids is 1. The molecule has 1 fully saturated rings. The quantitative estimate of drug-likeness (QED) is 0.309. The van der Waals surface area contributed by atoms with E-state index in [4.69, 9.17) is 0 Å². The minimum Gasteiger partial charge on any atom is -0.353 e. The number of nitrogens with zero attached hydrogens (tertiary/aromatic N) is 5. The van der Waals surface area contributed by atoms with Gasteiger partial charge in [-0.15, -0.1) is 23.1 Å². The van der Waals surface area contributed by atoms with Crippen LogP contribution in [0.25, 0.3) is 20.7 Å². The van der Waals surface area contributed by atoms with E-state index in [-0.39, 0.29) is 5.91 Å². The summed E-state index contributed by atoms with van der Waals surface area (Å²) in [6, 6.07) is 18.4. The second-order valence-electron chi connectivity index (χ2n) is 7.53. The maximum absolute atomic E-state index is 12.7. The fourth-order valence-corrected chi connectivity index (χ4v) is 5.78. The number of anilines is 1. The molecule has 8 heteroatoms. The number of aromatic nitrogens is 3. The fourth-order valence-electron chi connectivity index (χ4n) is 3.81. The second kappa shape index (κ2) is 9.67. The van der Waals surface area contributed by atoms with Crippen LogP contribution in [-0.4, -0.2) is 57.7 Å². The number of piperazine rings is 1. The summed E-state index contributed by atoms with van der Waals surface area (Å²) >= 11 is 3.31. The third-order valence-corrected chi connectivity index (χ3v) is 7.61. The highest BCUT2D eigenvalue weighted by molar-refractivity contribution is 7.99. The standard InChI is InChI=1S/C24H23N5OS2/c30-22(29-13-11-28(12-14-29)21-8-4-5-10-25-21)9-15-31-23-19-16-20(18-6-2-1-3-7-18)32-24(19)27-17-26-23/h1-8,10,16-17H,9,11-15H2. The van der Waals surface area contributed by atoms with Crippen LogP contribution in [-0.2, 0) is 4.79 Å². The number of fused-ring (bicyclic) bond motifs is 1. The zero-order valence-electron chi connectivity index (χ0n) is 17.6. The number of benzene rings is 1. The van der Waals surface area contributed by atoms with Crippen LogP contribution < -0.4 is 4.90 Å². The van der Waals surface area contributed by atoms with Gasteiger partial charge < -0.3 is 9.80 Å². The Balaban J connectivity index is 1.17. The van der Waals surface area contributed by atoms with E-state index in [0.29, 0.717) is 12.2 Å². The number of thiophene rings is 1. The Bertz CT molecular complexity index is 1190. The number of carbonyl (C=O) groups is 1. The Kier molecular flexibility index (Phi) is 6.31. The van der Waals surface area contributed by atoms with Crippen LogP contribution in [0.4, 0.5) is 5.82 Å². The van der Waals surface area contributed by atoms with Gasteiger partial charge in [-0.05, 0) is 23.8 Å². The first-order valence-electron chi connectivity index (χ1n) is 10.6. The minimum atomic E-state index is 0.207. The van der Waals surface area contributed by atoms with Gasteiger partial charge in [0.2, 0.25) is 5.91 Å². The SMILES string of the molecule is O=C(CCSc1ncnc2sc(-c3ccccc3)cc12)N1CCN(c2ccccn2)CC1. The molecule has 1 aliphatic heterocycles.